The predicted octanol–water partition coefficient (Wildman–Crippen LogP) is 7.78. The van der Waals surface area contributed by atoms with Gasteiger partial charge in [-0.1, -0.05) is 42.8 Å². The number of nitrogens with zero attached hydrogens (tertiary/aromatic N) is 4. The Morgan fingerprint density at radius 2 is 1.93 bits per heavy atom. The lowest BCUT2D eigenvalue weighted by Gasteiger charge is -2.38. The first-order valence-electron chi connectivity index (χ1n) is 14.8. The molecule has 2 fully saturated rings. The van der Waals surface area contributed by atoms with Crippen molar-refractivity contribution >= 4 is 39.1 Å². The van der Waals surface area contributed by atoms with Gasteiger partial charge in [0, 0.05) is 43.2 Å². The van der Waals surface area contributed by atoms with Crippen LogP contribution in [0.2, 0.25) is 5.02 Å². The van der Waals surface area contributed by atoms with Gasteiger partial charge in [-0.25, -0.2) is 8.78 Å². The molecule has 0 amide bonds. The van der Waals surface area contributed by atoms with Crippen LogP contribution >= 0.6 is 11.6 Å². The molecule has 3 aromatic carbocycles. The molecule has 1 N–H and O–H groups in total. The van der Waals surface area contributed by atoms with Gasteiger partial charge in [0.15, 0.2) is 5.82 Å². The monoisotopic (exact) mass is 594 g/mol. The van der Waals surface area contributed by atoms with Gasteiger partial charge in [-0.15, -0.1) is 0 Å². The number of likely N-dealkylation sites (tertiary alicyclic amines) is 1. The summed E-state index contributed by atoms with van der Waals surface area (Å²) in [6, 6.07) is 12.7. The van der Waals surface area contributed by atoms with E-state index < -0.39 is 11.5 Å². The van der Waals surface area contributed by atoms with Crippen molar-refractivity contribution in [2.24, 2.45) is 5.92 Å². The van der Waals surface area contributed by atoms with Gasteiger partial charge < -0.3 is 14.7 Å². The Bertz CT molecular complexity index is 1630. The summed E-state index contributed by atoms with van der Waals surface area (Å²) in [7, 11) is 0. The minimum Gasteiger partial charge on any atom is -0.508 e. The number of aromatic nitrogens is 2. The second-order valence-electron chi connectivity index (χ2n) is 12.3. The van der Waals surface area contributed by atoms with Crippen molar-refractivity contribution in [3.63, 3.8) is 0 Å². The zero-order valence-corrected chi connectivity index (χ0v) is 25.1. The molecule has 4 aromatic rings. The van der Waals surface area contributed by atoms with Crippen molar-refractivity contribution in [3.05, 3.63) is 53.3 Å². The quantitative estimate of drug-likeness (QED) is 0.221. The number of phenolic OH excluding ortho intramolecular Hbond substituents is 1. The molecule has 0 spiro atoms. The highest BCUT2D eigenvalue weighted by atomic mass is 35.5. The summed E-state index contributed by atoms with van der Waals surface area (Å²) < 4.78 is 36.9. The highest BCUT2D eigenvalue weighted by molar-refractivity contribution is 6.35. The zero-order chi connectivity index (χ0) is 29.6. The topological polar surface area (TPSA) is 61.7 Å². The number of alkyl halides is 1. The molecule has 2 aliphatic heterocycles. The molecule has 1 aromatic heterocycles. The Labute approximate surface area is 250 Å². The third-order valence-corrected chi connectivity index (χ3v) is 9.00. The Kier molecular flexibility index (Phi) is 7.87. The van der Waals surface area contributed by atoms with Crippen LogP contribution in [-0.4, -0.2) is 64.5 Å². The van der Waals surface area contributed by atoms with E-state index in [9.17, 15) is 9.50 Å². The van der Waals surface area contributed by atoms with Crippen LogP contribution in [0, 0.1) is 11.7 Å². The number of ether oxygens (including phenoxy) is 1. The molecular formula is C33H37ClF2N4O2. The van der Waals surface area contributed by atoms with Crippen LogP contribution in [0.15, 0.2) is 42.5 Å². The molecule has 0 radical (unpaired) electrons. The first kappa shape index (κ1) is 28.9. The molecule has 0 aliphatic carbocycles. The SMILES string of the molecule is C[C@H]1CC[C@H](C)N(c2nc(OCCCN3CCC(C)(F)C3)nc3c(F)c(-c4cc(O)cc5ccccc45)c(Cl)cc23)C1. The maximum absolute atomic E-state index is 16.7. The van der Waals surface area contributed by atoms with Crippen LogP contribution in [0.3, 0.4) is 0 Å². The molecule has 6 nitrogen and oxygen atoms in total. The summed E-state index contributed by atoms with van der Waals surface area (Å²) in [5.41, 5.74) is -0.352. The number of fused-ring (bicyclic) bond motifs is 2. The third kappa shape index (κ3) is 5.71. The Morgan fingerprint density at radius 3 is 2.71 bits per heavy atom. The maximum atomic E-state index is 16.7. The normalized spacial score (nSPS) is 23.2. The predicted molar refractivity (Wildman–Crippen MR) is 165 cm³/mol. The maximum Gasteiger partial charge on any atom is 0.319 e. The van der Waals surface area contributed by atoms with E-state index in [2.05, 4.69) is 28.6 Å². The van der Waals surface area contributed by atoms with Crippen LogP contribution in [0.4, 0.5) is 14.6 Å². The highest BCUT2D eigenvalue weighted by Gasteiger charge is 2.33. The van der Waals surface area contributed by atoms with Crippen molar-refractivity contribution in [3.8, 4) is 22.9 Å². The summed E-state index contributed by atoms with van der Waals surface area (Å²) in [5, 5.41) is 12.8. The molecular weight excluding hydrogens is 558 g/mol. The Hall–Kier alpha value is -3.23. The first-order chi connectivity index (χ1) is 20.1. The number of hydrogen-bond acceptors (Lipinski definition) is 6. The first-order valence-corrected chi connectivity index (χ1v) is 15.2. The van der Waals surface area contributed by atoms with Crippen LogP contribution in [-0.2, 0) is 0 Å². The van der Waals surface area contributed by atoms with Crippen molar-refractivity contribution in [2.75, 3.05) is 37.7 Å². The average molecular weight is 595 g/mol. The molecule has 3 heterocycles. The lowest BCUT2D eigenvalue weighted by Crippen LogP contribution is -2.41. The van der Waals surface area contributed by atoms with Crippen LogP contribution in [0.5, 0.6) is 11.8 Å². The fourth-order valence-corrected chi connectivity index (χ4v) is 6.73. The molecule has 0 saturated carbocycles. The van der Waals surface area contributed by atoms with Crippen molar-refractivity contribution in [1.82, 2.24) is 14.9 Å². The van der Waals surface area contributed by atoms with Crippen molar-refractivity contribution in [2.45, 2.75) is 58.2 Å². The van der Waals surface area contributed by atoms with E-state index in [0.29, 0.717) is 55.2 Å². The standard InChI is InChI=1S/C33H37ClF2N4O2/c1-20-9-10-21(2)40(18-20)31-26-17-27(34)28(25-16-23(41)15-22-7-4-5-8-24(22)25)29(35)30(26)37-32(38-31)42-14-6-12-39-13-11-33(3,36)19-39/h4-5,7-8,15-17,20-21,41H,6,9-14,18-19H2,1-3H3/t20-,21-,33?/m0/s1. The molecule has 42 heavy (non-hydrogen) atoms. The van der Waals surface area contributed by atoms with Gasteiger partial charge in [-0.3, -0.25) is 4.90 Å². The van der Waals surface area contributed by atoms with E-state index in [1.807, 2.05) is 24.3 Å². The number of halogens is 3. The van der Waals surface area contributed by atoms with Gasteiger partial charge in [0.25, 0.3) is 0 Å². The molecule has 6 rings (SSSR count). The second kappa shape index (κ2) is 11.5. The Balaban J connectivity index is 1.41. The third-order valence-electron chi connectivity index (χ3n) is 8.70. The Morgan fingerprint density at radius 1 is 1.12 bits per heavy atom. The van der Waals surface area contributed by atoms with Gasteiger partial charge in [0.2, 0.25) is 0 Å². The average Bonchev–Trinajstić information content (AvgIpc) is 3.30. The van der Waals surface area contributed by atoms with Crippen LogP contribution < -0.4 is 9.64 Å². The lowest BCUT2D eigenvalue weighted by molar-refractivity contribution is 0.182. The number of rotatable bonds is 7. The summed E-state index contributed by atoms with van der Waals surface area (Å²) in [6.45, 7) is 8.97. The number of phenols is 1. The van der Waals surface area contributed by atoms with E-state index in [0.717, 1.165) is 36.7 Å². The molecule has 1 unspecified atom stereocenters. The molecule has 222 valence electrons. The van der Waals surface area contributed by atoms with Crippen molar-refractivity contribution < 1.29 is 18.6 Å². The summed E-state index contributed by atoms with van der Waals surface area (Å²) >= 11 is 6.84. The van der Waals surface area contributed by atoms with Crippen LogP contribution in [0.1, 0.15) is 46.5 Å². The van der Waals surface area contributed by atoms with Gasteiger partial charge in [-0.05, 0) is 80.0 Å². The van der Waals surface area contributed by atoms with Gasteiger partial charge in [0.05, 0.1) is 11.6 Å². The lowest BCUT2D eigenvalue weighted by atomic mass is 9.94. The number of aromatic hydroxyl groups is 1. The van der Waals surface area contributed by atoms with E-state index >= 15 is 4.39 Å². The summed E-state index contributed by atoms with van der Waals surface area (Å²) in [5.74, 6) is 0.498. The van der Waals surface area contributed by atoms with E-state index in [1.54, 1.807) is 19.1 Å². The smallest absolute Gasteiger partial charge is 0.319 e. The fourth-order valence-electron chi connectivity index (χ4n) is 6.43. The molecule has 0 bridgehead atoms. The van der Waals surface area contributed by atoms with Crippen LogP contribution in [0.25, 0.3) is 32.8 Å². The minimum atomic E-state index is -1.14. The number of anilines is 1. The van der Waals surface area contributed by atoms with Crippen molar-refractivity contribution in [1.29, 1.82) is 0 Å². The zero-order valence-electron chi connectivity index (χ0n) is 24.3. The van der Waals surface area contributed by atoms with E-state index in [4.69, 9.17) is 21.3 Å². The largest absolute Gasteiger partial charge is 0.508 e. The summed E-state index contributed by atoms with van der Waals surface area (Å²) in [6.07, 6.45) is 3.32. The number of benzene rings is 3. The summed E-state index contributed by atoms with van der Waals surface area (Å²) in [4.78, 5) is 13.7. The molecule has 2 aliphatic rings. The van der Waals surface area contributed by atoms with Gasteiger partial charge in [-0.2, -0.15) is 9.97 Å². The van der Waals surface area contributed by atoms with E-state index in [-0.39, 0.29) is 33.9 Å². The second-order valence-corrected chi connectivity index (χ2v) is 12.7. The number of piperidine rings is 1. The number of hydrogen-bond donors (Lipinski definition) is 1. The highest BCUT2D eigenvalue weighted by Crippen LogP contribution is 2.43. The molecule has 2 saturated heterocycles. The fraction of sp³-hybridized carbons (Fsp3) is 0.455. The minimum absolute atomic E-state index is 0.0221. The molecule has 3 atom stereocenters. The van der Waals surface area contributed by atoms with E-state index in [1.165, 1.54) is 6.07 Å². The van der Waals surface area contributed by atoms with Gasteiger partial charge >= 0.3 is 6.01 Å². The van der Waals surface area contributed by atoms with Gasteiger partial charge in [0.1, 0.15) is 22.8 Å². The molecule has 9 heteroatoms.